The third-order valence-electron chi connectivity index (χ3n) is 2.77. The van der Waals surface area contributed by atoms with E-state index in [-0.39, 0.29) is 0 Å². The number of hydrogen-bond donors (Lipinski definition) is 0. The van der Waals surface area contributed by atoms with E-state index in [4.69, 9.17) is 0 Å². The molecule has 4 nitrogen and oxygen atoms in total. The van der Waals surface area contributed by atoms with Crippen molar-refractivity contribution in [1.82, 2.24) is 0 Å². The molecule has 0 heterocycles. The van der Waals surface area contributed by atoms with Gasteiger partial charge in [-0.15, -0.1) is 0 Å². The zero-order valence-electron chi connectivity index (χ0n) is 10.1. The van der Waals surface area contributed by atoms with Gasteiger partial charge in [0.1, 0.15) is 5.69 Å². The van der Waals surface area contributed by atoms with Crippen molar-refractivity contribution in [1.29, 1.82) is 0 Å². The van der Waals surface area contributed by atoms with Crippen LogP contribution in [0.5, 0.6) is 0 Å². The molecule has 0 radical (unpaired) electrons. The summed E-state index contributed by atoms with van der Waals surface area (Å²) in [5.41, 5.74) is 2.76. The van der Waals surface area contributed by atoms with Crippen molar-refractivity contribution in [2.45, 2.75) is 6.92 Å². The average Bonchev–Trinajstić information content (AvgIpc) is 2.41. The molecule has 0 amide bonds. The van der Waals surface area contributed by atoms with Gasteiger partial charge < -0.3 is 0 Å². The summed E-state index contributed by atoms with van der Waals surface area (Å²) in [6.45, 7) is 2.10. The van der Waals surface area contributed by atoms with Crippen LogP contribution in [0.1, 0.15) is 6.92 Å². The molecule has 4 heteroatoms. The second kappa shape index (κ2) is 5.31. The molecule has 18 heavy (non-hydrogen) atoms. The first-order valence-corrected chi connectivity index (χ1v) is 5.79. The molecule has 0 atom stereocenters. The SMILES string of the molecule is CCN(c1ccc(-c2ccccc2)cc1)[N+](=O)[O-]. The van der Waals surface area contributed by atoms with Crippen LogP contribution in [-0.2, 0) is 0 Å². The summed E-state index contributed by atoms with van der Waals surface area (Å²) in [4.78, 5) is 10.8. The fraction of sp³-hybridized carbons (Fsp3) is 0.143. The van der Waals surface area contributed by atoms with Crippen molar-refractivity contribution < 1.29 is 5.03 Å². The second-order valence-electron chi connectivity index (χ2n) is 3.87. The lowest BCUT2D eigenvalue weighted by Crippen LogP contribution is -2.29. The van der Waals surface area contributed by atoms with Crippen LogP contribution in [0.2, 0.25) is 0 Å². The van der Waals surface area contributed by atoms with E-state index in [9.17, 15) is 10.1 Å². The number of nitro groups is 1. The van der Waals surface area contributed by atoms with Gasteiger partial charge in [0.05, 0.1) is 6.54 Å². The summed E-state index contributed by atoms with van der Waals surface area (Å²) in [5.74, 6) is 0. The Morgan fingerprint density at radius 2 is 1.56 bits per heavy atom. The maximum absolute atomic E-state index is 10.8. The Kier molecular flexibility index (Phi) is 3.57. The first-order chi connectivity index (χ1) is 8.72. The first kappa shape index (κ1) is 12.1. The van der Waals surface area contributed by atoms with Gasteiger partial charge in [-0.1, -0.05) is 47.5 Å². The van der Waals surface area contributed by atoms with Crippen LogP contribution in [0.3, 0.4) is 0 Å². The molecule has 0 aliphatic heterocycles. The Labute approximate surface area is 106 Å². The van der Waals surface area contributed by atoms with Crippen molar-refractivity contribution >= 4 is 5.69 Å². The molecule has 0 spiro atoms. The molecule has 0 saturated carbocycles. The fourth-order valence-electron chi connectivity index (χ4n) is 1.85. The quantitative estimate of drug-likeness (QED) is 0.610. The van der Waals surface area contributed by atoms with Gasteiger partial charge in [0.15, 0.2) is 5.03 Å². The van der Waals surface area contributed by atoms with Crippen LogP contribution in [0.25, 0.3) is 11.1 Å². The van der Waals surface area contributed by atoms with Gasteiger partial charge in [-0.25, -0.2) is 10.1 Å². The third kappa shape index (κ3) is 2.48. The summed E-state index contributed by atoms with van der Waals surface area (Å²) < 4.78 is 0. The van der Waals surface area contributed by atoms with Crippen LogP contribution < -0.4 is 5.01 Å². The maximum atomic E-state index is 10.8. The molecule has 2 aromatic rings. The Bertz CT molecular complexity index is 523. The van der Waals surface area contributed by atoms with Gasteiger partial charge in [-0.3, -0.25) is 0 Å². The van der Waals surface area contributed by atoms with Gasteiger partial charge in [-0.05, 0) is 30.2 Å². The van der Waals surface area contributed by atoms with E-state index in [0.29, 0.717) is 12.2 Å². The van der Waals surface area contributed by atoms with Gasteiger partial charge in [0.2, 0.25) is 0 Å². The van der Waals surface area contributed by atoms with Gasteiger partial charge in [0, 0.05) is 0 Å². The van der Waals surface area contributed by atoms with Gasteiger partial charge in [-0.2, -0.15) is 0 Å². The predicted octanol–water partition coefficient (Wildman–Crippen LogP) is 3.37. The van der Waals surface area contributed by atoms with E-state index in [1.54, 1.807) is 19.1 Å². The number of rotatable bonds is 4. The molecule has 0 aromatic heterocycles. The van der Waals surface area contributed by atoms with E-state index in [1.165, 1.54) is 0 Å². The summed E-state index contributed by atoms with van der Waals surface area (Å²) in [5, 5.41) is 11.5. The Morgan fingerprint density at radius 3 is 2.06 bits per heavy atom. The predicted molar refractivity (Wildman–Crippen MR) is 71.9 cm³/mol. The number of anilines is 1. The molecular weight excluding hydrogens is 228 g/mol. The Hall–Kier alpha value is -2.36. The van der Waals surface area contributed by atoms with Crippen molar-refractivity contribution in [2.24, 2.45) is 0 Å². The molecule has 92 valence electrons. The maximum Gasteiger partial charge on any atom is 0.165 e. The summed E-state index contributed by atoms with van der Waals surface area (Å²) in [6.07, 6.45) is 0. The van der Waals surface area contributed by atoms with Crippen molar-refractivity contribution in [3.8, 4) is 11.1 Å². The van der Waals surface area contributed by atoms with E-state index in [2.05, 4.69) is 0 Å². The summed E-state index contributed by atoms with van der Waals surface area (Å²) >= 11 is 0. The molecule has 0 fully saturated rings. The van der Waals surface area contributed by atoms with E-state index in [1.807, 2.05) is 42.5 Å². The Balaban J connectivity index is 2.28. The molecule has 0 aliphatic rings. The first-order valence-electron chi connectivity index (χ1n) is 5.79. The van der Waals surface area contributed by atoms with Crippen LogP contribution in [-0.4, -0.2) is 11.6 Å². The summed E-state index contributed by atoms with van der Waals surface area (Å²) in [6, 6.07) is 17.3. The molecular formula is C14H14N2O2. The third-order valence-corrected chi connectivity index (χ3v) is 2.77. The number of nitrogens with zero attached hydrogens (tertiary/aromatic N) is 2. The molecule has 0 bridgehead atoms. The van der Waals surface area contributed by atoms with Crippen LogP contribution in [0.4, 0.5) is 5.69 Å². The van der Waals surface area contributed by atoms with Crippen molar-refractivity contribution in [2.75, 3.05) is 11.6 Å². The molecule has 2 aromatic carbocycles. The monoisotopic (exact) mass is 242 g/mol. The lowest BCUT2D eigenvalue weighted by atomic mass is 10.1. The van der Waals surface area contributed by atoms with Gasteiger partial charge in [0.25, 0.3) is 0 Å². The highest BCUT2D eigenvalue weighted by Gasteiger charge is 2.13. The largest absolute Gasteiger partial charge is 0.234 e. The van der Waals surface area contributed by atoms with Crippen LogP contribution >= 0.6 is 0 Å². The minimum Gasteiger partial charge on any atom is -0.234 e. The average molecular weight is 242 g/mol. The number of hydrazine groups is 1. The Morgan fingerprint density at radius 1 is 1.00 bits per heavy atom. The van der Waals surface area contributed by atoms with Crippen molar-refractivity contribution in [3.05, 3.63) is 64.7 Å². The molecule has 0 unspecified atom stereocenters. The highest BCUT2D eigenvalue weighted by molar-refractivity contribution is 5.65. The smallest absolute Gasteiger partial charge is 0.165 e. The zero-order chi connectivity index (χ0) is 13.0. The minimum absolute atomic E-state index is 0.345. The lowest BCUT2D eigenvalue weighted by molar-refractivity contribution is -0.494. The number of benzene rings is 2. The highest BCUT2D eigenvalue weighted by atomic mass is 16.7. The summed E-state index contributed by atoms with van der Waals surface area (Å²) in [7, 11) is 0. The second-order valence-corrected chi connectivity index (χ2v) is 3.87. The minimum atomic E-state index is -0.391. The van der Waals surface area contributed by atoms with E-state index < -0.39 is 5.03 Å². The molecule has 0 N–H and O–H groups in total. The van der Waals surface area contributed by atoms with E-state index in [0.717, 1.165) is 16.1 Å². The van der Waals surface area contributed by atoms with Gasteiger partial charge >= 0.3 is 0 Å². The fourth-order valence-corrected chi connectivity index (χ4v) is 1.85. The number of hydrogen-bond acceptors (Lipinski definition) is 2. The molecule has 0 saturated heterocycles. The van der Waals surface area contributed by atoms with Crippen LogP contribution in [0, 0.1) is 10.1 Å². The molecule has 0 aliphatic carbocycles. The van der Waals surface area contributed by atoms with E-state index >= 15 is 0 Å². The van der Waals surface area contributed by atoms with Crippen molar-refractivity contribution in [3.63, 3.8) is 0 Å². The highest BCUT2D eigenvalue weighted by Crippen LogP contribution is 2.22. The van der Waals surface area contributed by atoms with Crippen LogP contribution in [0.15, 0.2) is 54.6 Å². The standard InChI is InChI=1S/C14H14N2O2/c1-2-15(16(17)18)14-10-8-13(9-11-14)12-6-4-3-5-7-12/h3-11H,2H2,1H3. The zero-order valence-corrected chi connectivity index (χ0v) is 10.1. The molecule has 2 rings (SSSR count). The lowest BCUT2D eigenvalue weighted by Gasteiger charge is -2.12. The normalized spacial score (nSPS) is 10.1. The topological polar surface area (TPSA) is 46.4 Å².